The Kier molecular flexibility index (Phi) is 3.30. The minimum Gasteiger partial charge on any atom is -0.478 e. The van der Waals surface area contributed by atoms with Crippen molar-refractivity contribution in [2.24, 2.45) is 0 Å². The number of aromatic carboxylic acids is 1. The van der Waals surface area contributed by atoms with Crippen LogP contribution in [0.1, 0.15) is 10.4 Å². The number of nitrogens with zero attached hydrogens (tertiary/aromatic N) is 1. The van der Waals surface area contributed by atoms with E-state index in [0.29, 0.717) is 5.69 Å². The molecule has 2 heterocycles. The Hall–Kier alpha value is -2.11. The standard InChI is InChI=1S/C14H9ClN2O2S/c15-11-7-8(1-2-9(11)14(18)19)17-13-10-4-6-20-12(10)3-5-16-13/h1-7H,(H,16,17)(H,18,19). The zero-order valence-electron chi connectivity index (χ0n) is 10.1. The number of pyridine rings is 1. The van der Waals surface area contributed by atoms with Gasteiger partial charge in [0.1, 0.15) is 5.82 Å². The first-order valence-corrected chi connectivity index (χ1v) is 7.03. The number of anilines is 2. The summed E-state index contributed by atoms with van der Waals surface area (Å²) in [6.07, 6.45) is 1.73. The highest BCUT2D eigenvalue weighted by Gasteiger charge is 2.10. The summed E-state index contributed by atoms with van der Waals surface area (Å²) < 4.78 is 1.13. The number of nitrogens with one attached hydrogen (secondary N) is 1. The molecular formula is C14H9ClN2O2S. The second-order valence-electron chi connectivity index (χ2n) is 4.12. The number of rotatable bonds is 3. The highest BCUT2D eigenvalue weighted by Crippen LogP contribution is 2.29. The number of aromatic nitrogens is 1. The first-order chi connectivity index (χ1) is 9.65. The molecule has 100 valence electrons. The molecule has 0 unspecified atom stereocenters. The van der Waals surface area contributed by atoms with Crippen LogP contribution in [0.3, 0.4) is 0 Å². The summed E-state index contributed by atoms with van der Waals surface area (Å²) in [7, 11) is 0. The summed E-state index contributed by atoms with van der Waals surface area (Å²) in [4.78, 5) is 15.2. The van der Waals surface area contributed by atoms with Gasteiger partial charge in [0, 0.05) is 22.0 Å². The Bertz CT molecular complexity index is 801. The maximum atomic E-state index is 10.9. The van der Waals surface area contributed by atoms with Crippen LogP contribution < -0.4 is 5.32 Å². The van der Waals surface area contributed by atoms with Gasteiger partial charge in [-0.1, -0.05) is 11.6 Å². The summed E-state index contributed by atoms with van der Waals surface area (Å²) in [5.41, 5.74) is 0.783. The van der Waals surface area contributed by atoms with Crippen LogP contribution in [0.25, 0.3) is 10.1 Å². The van der Waals surface area contributed by atoms with Crippen molar-refractivity contribution in [1.82, 2.24) is 4.98 Å². The van der Waals surface area contributed by atoms with E-state index in [1.807, 2.05) is 17.5 Å². The van der Waals surface area contributed by atoms with Crippen molar-refractivity contribution in [2.45, 2.75) is 0 Å². The third-order valence-corrected chi connectivity index (χ3v) is 4.04. The predicted molar refractivity (Wildman–Crippen MR) is 81.3 cm³/mol. The Morgan fingerprint density at radius 1 is 1.30 bits per heavy atom. The van der Waals surface area contributed by atoms with Crippen LogP contribution in [0.2, 0.25) is 5.02 Å². The van der Waals surface area contributed by atoms with Crippen LogP contribution >= 0.6 is 22.9 Å². The van der Waals surface area contributed by atoms with Crippen molar-refractivity contribution in [1.29, 1.82) is 0 Å². The number of halogens is 1. The normalized spacial score (nSPS) is 10.7. The molecule has 0 aliphatic heterocycles. The molecule has 0 atom stereocenters. The first kappa shape index (κ1) is 12.9. The van der Waals surface area contributed by atoms with Gasteiger partial charge >= 0.3 is 5.97 Å². The fourth-order valence-electron chi connectivity index (χ4n) is 1.90. The van der Waals surface area contributed by atoms with Gasteiger partial charge in [-0.2, -0.15) is 0 Å². The Balaban J connectivity index is 1.97. The number of carboxylic acid groups (broad SMARTS) is 1. The topological polar surface area (TPSA) is 62.2 Å². The lowest BCUT2D eigenvalue weighted by Crippen LogP contribution is -1.99. The smallest absolute Gasteiger partial charge is 0.337 e. The largest absolute Gasteiger partial charge is 0.478 e. The number of hydrogen-bond acceptors (Lipinski definition) is 4. The average Bonchev–Trinajstić information content (AvgIpc) is 2.87. The summed E-state index contributed by atoms with van der Waals surface area (Å²) in [5.74, 6) is -0.317. The molecule has 0 spiro atoms. The molecule has 4 nitrogen and oxygen atoms in total. The molecule has 3 aromatic rings. The Morgan fingerprint density at radius 3 is 2.90 bits per heavy atom. The van der Waals surface area contributed by atoms with Crippen molar-refractivity contribution in [3.8, 4) is 0 Å². The second kappa shape index (κ2) is 5.11. The third-order valence-electron chi connectivity index (χ3n) is 2.84. The molecule has 0 fully saturated rings. The lowest BCUT2D eigenvalue weighted by Gasteiger charge is -2.08. The molecule has 0 radical (unpaired) electrons. The first-order valence-electron chi connectivity index (χ1n) is 5.77. The zero-order chi connectivity index (χ0) is 14.1. The maximum Gasteiger partial charge on any atom is 0.337 e. The monoisotopic (exact) mass is 304 g/mol. The van der Waals surface area contributed by atoms with Crippen molar-refractivity contribution in [2.75, 3.05) is 5.32 Å². The molecule has 0 bridgehead atoms. The fourth-order valence-corrected chi connectivity index (χ4v) is 2.94. The maximum absolute atomic E-state index is 10.9. The van der Waals surface area contributed by atoms with Crippen molar-refractivity contribution < 1.29 is 9.90 Å². The molecule has 6 heteroatoms. The van der Waals surface area contributed by atoms with E-state index in [9.17, 15) is 4.79 Å². The molecule has 0 amide bonds. The quantitative estimate of drug-likeness (QED) is 0.753. The van der Waals surface area contributed by atoms with Gasteiger partial charge in [0.15, 0.2) is 0 Å². The lowest BCUT2D eigenvalue weighted by molar-refractivity contribution is 0.0697. The SMILES string of the molecule is O=C(O)c1ccc(Nc2nccc3sccc23)cc1Cl. The predicted octanol–water partition coefficient (Wildman–Crippen LogP) is 4.39. The van der Waals surface area contributed by atoms with Crippen LogP contribution in [0.5, 0.6) is 0 Å². The van der Waals surface area contributed by atoms with Gasteiger partial charge in [-0.25, -0.2) is 9.78 Å². The second-order valence-corrected chi connectivity index (χ2v) is 5.47. The summed E-state index contributed by atoms with van der Waals surface area (Å²) in [6, 6.07) is 8.66. The number of hydrogen-bond donors (Lipinski definition) is 2. The van der Waals surface area contributed by atoms with E-state index in [1.54, 1.807) is 29.7 Å². The van der Waals surface area contributed by atoms with E-state index in [0.717, 1.165) is 15.9 Å². The third kappa shape index (κ3) is 2.33. The van der Waals surface area contributed by atoms with Crippen LogP contribution in [0.4, 0.5) is 11.5 Å². The highest BCUT2D eigenvalue weighted by atomic mass is 35.5. The molecule has 0 saturated heterocycles. The van der Waals surface area contributed by atoms with E-state index in [2.05, 4.69) is 10.3 Å². The molecule has 1 aromatic carbocycles. The van der Waals surface area contributed by atoms with E-state index < -0.39 is 5.97 Å². The molecule has 0 aliphatic carbocycles. The lowest BCUT2D eigenvalue weighted by atomic mass is 10.2. The van der Waals surface area contributed by atoms with Crippen LogP contribution in [0.15, 0.2) is 41.9 Å². The minimum absolute atomic E-state index is 0.0823. The van der Waals surface area contributed by atoms with Crippen LogP contribution in [-0.2, 0) is 0 Å². The van der Waals surface area contributed by atoms with Gasteiger partial charge < -0.3 is 10.4 Å². The summed E-state index contributed by atoms with van der Waals surface area (Å²) in [5, 5.41) is 15.3. The number of benzene rings is 1. The molecule has 2 aromatic heterocycles. The molecule has 3 rings (SSSR count). The Morgan fingerprint density at radius 2 is 2.15 bits per heavy atom. The molecule has 2 N–H and O–H groups in total. The number of carbonyl (C=O) groups is 1. The number of thiophene rings is 1. The van der Waals surface area contributed by atoms with E-state index in [-0.39, 0.29) is 10.6 Å². The van der Waals surface area contributed by atoms with Crippen molar-refractivity contribution in [3.63, 3.8) is 0 Å². The van der Waals surface area contributed by atoms with Crippen molar-refractivity contribution >= 4 is 50.5 Å². The van der Waals surface area contributed by atoms with Gasteiger partial charge in [-0.15, -0.1) is 11.3 Å². The van der Waals surface area contributed by atoms with Gasteiger partial charge in [-0.3, -0.25) is 0 Å². The minimum atomic E-state index is -1.04. The van der Waals surface area contributed by atoms with E-state index in [1.165, 1.54) is 6.07 Å². The van der Waals surface area contributed by atoms with Crippen LogP contribution in [-0.4, -0.2) is 16.1 Å². The molecule has 20 heavy (non-hydrogen) atoms. The van der Waals surface area contributed by atoms with E-state index >= 15 is 0 Å². The van der Waals surface area contributed by atoms with Crippen molar-refractivity contribution in [3.05, 3.63) is 52.5 Å². The average molecular weight is 305 g/mol. The summed E-state index contributed by atoms with van der Waals surface area (Å²) in [6.45, 7) is 0. The van der Waals surface area contributed by atoms with Gasteiger partial charge in [0.2, 0.25) is 0 Å². The van der Waals surface area contributed by atoms with Crippen LogP contribution in [0, 0.1) is 0 Å². The highest BCUT2D eigenvalue weighted by molar-refractivity contribution is 7.17. The van der Waals surface area contributed by atoms with E-state index in [4.69, 9.17) is 16.7 Å². The molecule has 0 saturated carbocycles. The van der Waals surface area contributed by atoms with Gasteiger partial charge in [-0.05, 0) is 35.7 Å². The summed E-state index contributed by atoms with van der Waals surface area (Å²) >= 11 is 7.59. The Labute approximate surface area is 123 Å². The zero-order valence-corrected chi connectivity index (χ0v) is 11.7. The molecule has 0 aliphatic rings. The fraction of sp³-hybridized carbons (Fsp3) is 0. The molecular weight excluding hydrogens is 296 g/mol. The number of fused-ring (bicyclic) bond motifs is 1. The van der Waals surface area contributed by atoms with Gasteiger partial charge in [0.25, 0.3) is 0 Å². The van der Waals surface area contributed by atoms with Gasteiger partial charge in [0.05, 0.1) is 10.6 Å². The number of carboxylic acids is 1.